The van der Waals surface area contributed by atoms with Crippen LogP contribution >= 0.6 is 0 Å². The third-order valence-corrected chi connectivity index (χ3v) is 4.00. The second kappa shape index (κ2) is 8.51. The number of ether oxygens (including phenoxy) is 1. The molecular weight excluding hydrogens is 358 g/mol. The molecule has 0 bridgehead atoms. The number of nitrogens with one attached hydrogen (secondary N) is 2. The van der Waals surface area contributed by atoms with Crippen molar-refractivity contribution < 1.29 is 9.53 Å². The van der Waals surface area contributed by atoms with E-state index in [1.165, 1.54) is 10.7 Å². The van der Waals surface area contributed by atoms with Crippen molar-refractivity contribution in [3.63, 3.8) is 0 Å². The van der Waals surface area contributed by atoms with Crippen molar-refractivity contribution in [2.75, 3.05) is 5.32 Å². The number of hydrogen-bond acceptors (Lipinski definition) is 5. The first kappa shape index (κ1) is 19.3. The molecule has 146 valence electrons. The summed E-state index contributed by atoms with van der Waals surface area (Å²) >= 11 is 0. The number of aromatic amines is 1. The van der Waals surface area contributed by atoms with Gasteiger partial charge in [0.05, 0.1) is 5.69 Å². The van der Waals surface area contributed by atoms with E-state index in [2.05, 4.69) is 20.4 Å². The van der Waals surface area contributed by atoms with Gasteiger partial charge in [-0.3, -0.25) is 14.6 Å². The summed E-state index contributed by atoms with van der Waals surface area (Å²) in [6, 6.07) is 12.3. The number of anilines is 1. The number of hydrogen-bond donors (Lipinski definition) is 2. The van der Waals surface area contributed by atoms with Gasteiger partial charge in [0.25, 0.3) is 11.5 Å². The Morgan fingerprint density at radius 1 is 1.29 bits per heavy atom. The highest BCUT2D eigenvalue weighted by Gasteiger charge is 2.19. The summed E-state index contributed by atoms with van der Waals surface area (Å²) in [5, 5.41) is 7.14. The minimum absolute atomic E-state index is 0.260. The van der Waals surface area contributed by atoms with E-state index in [1.807, 2.05) is 25.1 Å². The Morgan fingerprint density at radius 2 is 2.04 bits per heavy atom. The predicted octanol–water partition coefficient (Wildman–Crippen LogP) is 2.62. The van der Waals surface area contributed by atoms with E-state index in [-0.39, 0.29) is 17.4 Å². The molecule has 0 spiro atoms. The Labute approximate surface area is 162 Å². The lowest BCUT2D eigenvalue weighted by molar-refractivity contribution is -0.122. The molecule has 1 amide bonds. The van der Waals surface area contributed by atoms with Gasteiger partial charge in [0.1, 0.15) is 11.6 Å². The van der Waals surface area contributed by atoms with Crippen LogP contribution in [0.25, 0.3) is 5.95 Å². The van der Waals surface area contributed by atoms with E-state index >= 15 is 0 Å². The van der Waals surface area contributed by atoms with E-state index in [1.54, 1.807) is 32.0 Å². The average Bonchev–Trinajstić information content (AvgIpc) is 3.02. The lowest BCUT2D eigenvalue weighted by Crippen LogP contribution is -2.31. The van der Waals surface area contributed by atoms with Crippen LogP contribution in [-0.4, -0.2) is 31.8 Å². The van der Waals surface area contributed by atoms with Crippen LogP contribution in [0.2, 0.25) is 0 Å². The molecule has 28 heavy (non-hydrogen) atoms. The SMILES string of the molecule is CCCc1cc(=O)[nH]c(-n2nc(C)cc2NC(=O)[C@H](C)Oc2ccccc2)n1. The number of nitrogens with zero attached hydrogens (tertiary/aromatic N) is 3. The van der Waals surface area contributed by atoms with Gasteiger partial charge in [-0.1, -0.05) is 31.5 Å². The Bertz CT molecular complexity index is 1010. The molecule has 2 aromatic heterocycles. The van der Waals surface area contributed by atoms with Crippen LogP contribution < -0.4 is 15.6 Å². The number of amides is 1. The summed E-state index contributed by atoms with van der Waals surface area (Å²) in [5.41, 5.74) is 1.09. The molecule has 0 fully saturated rings. The lowest BCUT2D eigenvalue weighted by atomic mass is 10.2. The van der Waals surface area contributed by atoms with Crippen LogP contribution in [0.5, 0.6) is 5.75 Å². The van der Waals surface area contributed by atoms with E-state index in [4.69, 9.17) is 4.74 Å². The Hall–Kier alpha value is -3.42. The number of rotatable bonds is 7. The molecule has 8 heteroatoms. The largest absolute Gasteiger partial charge is 0.481 e. The molecule has 3 rings (SSSR count). The number of para-hydroxylation sites is 1. The zero-order valence-electron chi connectivity index (χ0n) is 16.1. The summed E-state index contributed by atoms with van der Waals surface area (Å²) < 4.78 is 7.08. The van der Waals surface area contributed by atoms with Crippen LogP contribution in [0.15, 0.2) is 47.3 Å². The number of carbonyl (C=O) groups excluding carboxylic acids is 1. The molecule has 8 nitrogen and oxygen atoms in total. The van der Waals surface area contributed by atoms with Gasteiger partial charge in [-0.15, -0.1) is 0 Å². The summed E-state index contributed by atoms with van der Waals surface area (Å²) in [4.78, 5) is 31.7. The van der Waals surface area contributed by atoms with Crippen molar-refractivity contribution >= 4 is 11.7 Å². The minimum Gasteiger partial charge on any atom is -0.481 e. The van der Waals surface area contributed by atoms with Gasteiger partial charge in [-0.2, -0.15) is 9.78 Å². The van der Waals surface area contributed by atoms with E-state index in [0.29, 0.717) is 29.4 Å². The Morgan fingerprint density at radius 3 is 2.75 bits per heavy atom. The van der Waals surface area contributed by atoms with Crippen LogP contribution in [0.1, 0.15) is 31.7 Å². The van der Waals surface area contributed by atoms with Crippen molar-refractivity contribution in [2.45, 2.75) is 39.7 Å². The molecule has 1 aromatic carbocycles. The summed E-state index contributed by atoms with van der Waals surface area (Å²) in [5.74, 6) is 0.934. The molecule has 0 unspecified atom stereocenters. The lowest BCUT2D eigenvalue weighted by Gasteiger charge is -2.15. The van der Waals surface area contributed by atoms with E-state index in [9.17, 15) is 9.59 Å². The van der Waals surface area contributed by atoms with Crippen LogP contribution in [0.4, 0.5) is 5.82 Å². The Balaban J connectivity index is 1.82. The van der Waals surface area contributed by atoms with Crippen LogP contribution in [0, 0.1) is 6.92 Å². The molecule has 0 saturated carbocycles. The molecule has 1 atom stereocenters. The smallest absolute Gasteiger partial charge is 0.266 e. The number of aromatic nitrogens is 4. The van der Waals surface area contributed by atoms with E-state index in [0.717, 1.165) is 6.42 Å². The highest BCUT2D eigenvalue weighted by atomic mass is 16.5. The van der Waals surface area contributed by atoms with Crippen LogP contribution in [-0.2, 0) is 11.2 Å². The molecule has 2 N–H and O–H groups in total. The molecule has 2 heterocycles. The van der Waals surface area contributed by atoms with E-state index < -0.39 is 6.10 Å². The normalized spacial score (nSPS) is 11.8. The zero-order chi connectivity index (χ0) is 20.1. The fourth-order valence-electron chi connectivity index (χ4n) is 2.71. The minimum atomic E-state index is -0.718. The van der Waals surface area contributed by atoms with Crippen molar-refractivity contribution in [1.82, 2.24) is 19.7 Å². The fraction of sp³-hybridized carbons (Fsp3) is 0.300. The van der Waals surface area contributed by atoms with Crippen LogP contribution in [0.3, 0.4) is 0 Å². The van der Waals surface area contributed by atoms with Gasteiger partial charge in [-0.25, -0.2) is 4.98 Å². The average molecular weight is 381 g/mol. The highest BCUT2D eigenvalue weighted by Crippen LogP contribution is 2.16. The number of aryl methyl sites for hydroxylation is 2. The van der Waals surface area contributed by atoms with Gasteiger partial charge in [0.2, 0.25) is 5.95 Å². The number of benzene rings is 1. The van der Waals surface area contributed by atoms with Gasteiger partial charge < -0.3 is 10.1 Å². The maximum absolute atomic E-state index is 12.6. The van der Waals surface area contributed by atoms with Gasteiger partial charge in [0, 0.05) is 17.8 Å². The first-order valence-electron chi connectivity index (χ1n) is 9.16. The summed E-state index contributed by atoms with van der Waals surface area (Å²) in [6.07, 6.45) is 0.830. The topological polar surface area (TPSA) is 102 Å². The second-order valence-corrected chi connectivity index (χ2v) is 6.46. The first-order valence-corrected chi connectivity index (χ1v) is 9.16. The third-order valence-electron chi connectivity index (χ3n) is 4.00. The molecule has 0 aliphatic heterocycles. The van der Waals surface area contributed by atoms with Gasteiger partial charge in [-0.05, 0) is 32.4 Å². The van der Waals surface area contributed by atoms with Gasteiger partial charge >= 0.3 is 0 Å². The second-order valence-electron chi connectivity index (χ2n) is 6.46. The summed E-state index contributed by atoms with van der Waals surface area (Å²) in [7, 11) is 0. The Kier molecular flexibility index (Phi) is 5.88. The maximum Gasteiger partial charge on any atom is 0.266 e. The predicted molar refractivity (Wildman–Crippen MR) is 106 cm³/mol. The van der Waals surface area contributed by atoms with Gasteiger partial charge in [0.15, 0.2) is 6.10 Å². The molecule has 0 saturated heterocycles. The molecular formula is C20H23N5O3. The zero-order valence-corrected chi connectivity index (χ0v) is 16.1. The monoisotopic (exact) mass is 381 g/mol. The quantitative estimate of drug-likeness (QED) is 0.655. The molecule has 3 aromatic rings. The first-order chi connectivity index (χ1) is 13.5. The maximum atomic E-state index is 12.6. The molecule has 0 aliphatic carbocycles. The third kappa shape index (κ3) is 4.64. The van der Waals surface area contributed by atoms with Crippen molar-refractivity contribution in [2.24, 2.45) is 0 Å². The molecule has 0 radical (unpaired) electrons. The van der Waals surface area contributed by atoms with Crippen molar-refractivity contribution in [1.29, 1.82) is 0 Å². The highest BCUT2D eigenvalue weighted by molar-refractivity contribution is 5.93. The van der Waals surface area contributed by atoms with Crippen molar-refractivity contribution in [3.8, 4) is 11.7 Å². The number of H-pyrrole nitrogens is 1. The standard InChI is InChI=1S/C20H23N5O3/c1-4-8-15-12-18(26)23-20(21-15)25-17(11-13(2)24-25)22-19(27)14(3)28-16-9-6-5-7-10-16/h5-7,9-12,14H,4,8H2,1-3H3,(H,22,27)(H,21,23,26)/t14-/m0/s1. The fourth-order valence-corrected chi connectivity index (χ4v) is 2.71. The number of carbonyl (C=O) groups is 1. The van der Waals surface area contributed by atoms with Crippen molar-refractivity contribution in [3.05, 3.63) is 64.2 Å². The molecule has 0 aliphatic rings. The summed E-state index contributed by atoms with van der Waals surface area (Å²) in [6.45, 7) is 5.47.